The average molecular weight is 415 g/mol. The number of hydrogen-bond donors (Lipinski definition) is 0. The van der Waals surface area contributed by atoms with E-state index in [1.807, 2.05) is 11.0 Å². The second kappa shape index (κ2) is 10.7. The van der Waals surface area contributed by atoms with Crippen LogP contribution in [0, 0.1) is 0 Å². The van der Waals surface area contributed by atoms with Crippen LogP contribution in [-0.2, 0) is 11.2 Å². The normalized spacial score (nSPS) is 14.3. The Bertz CT molecular complexity index is 795. The largest absolute Gasteiger partial charge is 0.493 e. The average Bonchev–Trinajstić information content (AvgIpc) is 2.81. The van der Waals surface area contributed by atoms with Gasteiger partial charge >= 0.3 is 0 Å². The molecule has 0 saturated carbocycles. The van der Waals surface area contributed by atoms with Crippen molar-refractivity contribution in [3.05, 3.63) is 48.0 Å². The van der Waals surface area contributed by atoms with E-state index in [9.17, 15) is 4.79 Å². The van der Waals surface area contributed by atoms with Crippen LogP contribution in [0.15, 0.2) is 42.5 Å². The van der Waals surface area contributed by atoms with Crippen LogP contribution in [-0.4, -0.2) is 76.4 Å². The van der Waals surface area contributed by atoms with Crippen molar-refractivity contribution in [2.75, 3.05) is 60.7 Å². The molecule has 1 aliphatic heterocycles. The minimum absolute atomic E-state index is 0.0218. The molecule has 0 unspecified atom stereocenters. The monoisotopic (exact) mass is 414 g/mol. The molecule has 0 N–H and O–H groups in total. The molecule has 0 atom stereocenters. The first-order chi connectivity index (χ1) is 14.6. The van der Waals surface area contributed by atoms with Gasteiger partial charge in [-0.3, -0.25) is 9.69 Å². The molecule has 0 bridgehead atoms. The molecular formula is C23H30N2O5. The number of rotatable bonds is 9. The lowest BCUT2D eigenvalue weighted by molar-refractivity contribution is -0.135. The Labute approximate surface area is 178 Å². The molecule has 2 aromatic carbocycles. The van der Waals surface area contributed by atoms with Crippen molar-refractivity contribution in [3.8, 4) is 23.0 Å². The molecule has 3 rings (SSSR count). The fourth-order valence-corrected chi connectivity index (χ4v) is 3.53. The molecule has 0 radical (unpaired) electrons. The van der Waals surface area contributed by atoms with Crippen LogP contribution in [0.4, 0.5) is 0 Å². The van der Waals surface area contributed by atoms with Gasteiger partial charge in [0, 0.05) is 44.9 Å². The molecule has 0 aromatic heterocycles. The van der Waals surface area contributed by atoms with E-state index >= 15 is 0 Å². The molecule has 1 aliphatic rings. The Hall–Kier alpha value is -2.93. The molecule has 30 heavy (non-hydrogen) atoms. The van der Waals surface area contributed by atoms with E-state index < -0.39 is 0 Å². The van der Waals surface area contributed by atoms with Crippen molar-refractivity contribution < 1.29 is 23.7 Å². The van der Waals surface area contributed by atoms with Gasteiger partial charge in [0.25, 0.3) is 5.91 Å². The highest BCUT2D eigenvalue weighted by molar-refractivity contribution is 5.78. The van der Waals surface area contributed by atoms with E-state index in [4.69, 9.17) is 18.9 Å². The van der Waals surface area contributed by atoms with E-state index in [-0.39, 0.29) is 12.5 Å². The second-order valence-electron chi connectivity index (χ2n) is 7.11. The Morgan fingerprint density at radius 1 is 0.900 bits per heavy atom. The van der Waals surface area contributed by atoms with Gasteiger partial charge in [0.2, 0.25) is 5.75 Å². The summed E-state index contributed by atoms with van der Waals surface area (Å²) >= 11 is 0. The van der Waals surface area contributed by atoms with E-state index in [1.165, 1.54) is 5.56 Å². The van der Waals surface area contributed by atoms with Gasteiger partial charge in [-0.05, 0) is 12.0 Å². The van der Waals surface area contributed by atoms with Crippen LogP contribution in [0.3, 0.4) is 0 Å². The Balaban J connectivity index is 1.47. The van der Waals surface area contributed by atoms with Gasteiger partial charge < -0.3 is 23.8 Å². The van der Waals surface area contributed by atoms with Crippen LogP contribution in [0.25, 0.3) is 0 Å². The van der Waals surface area contributed by atoms with Crippen molar-refractivity contribution in [2.45, 2.75) is 6.42 Å². The third kappa shape index (κ3) is 5.57. The zero-order chi connectivity index (χ0) is 21.3. The summed E-state index contributed by atoms with van der Waals surface area (Å²) in [6.07, 6.45) is 1.03. The van der Waals surface area contributed by atoms with Gasteiger partial charge in [0.05, 0.1) is 21.3 Å². The van der Waals surface area contributed by atoms with Crippen molar-refractivity contribution in [1.82, 2.24) is 9.80 Å². The van der Waals surface area contributed by atoms with Gasteiger partial charge in [0.1, 0.15) is 5.75 Å². The van der Waals surface area contributed by atoms with Gasteiger partial charge in [-0.1, -0.05) is 30.3 Å². The van der Waals surface area contributed by atoms with Crippen LogP contribution >= 0.6 is 0 Å². The summed E-state index contributed by atoms with van der Waals surface area (Å²) in [5, 5.41) is 0. The maximum Gasteiger partial charge on any atom is 0.260 e. The first-order valence-electron chi connectivity index (χ1n) is 10.1. The van der Waals surface area contributed by atoms with Gasteiger partial charge in [-0.2, -0.15) is 0 Å². The molecule has 0 aliphatic carbocycles. The quantitative estimate of drug-likeness (QED) is 0.628. The zero-order valence-electron chi connectivity index (χ0n) is 17.9. The van der Waals surface area contributed by atoms with Gasteiger partial charge in [0.15, 0.2) is 18.1 Å². The number of amides is 1. The number of hydrogen-bond acceptors (Lipinski definition) is 6. The van der Waals surface area contributed by atoms with Crippen LogP contribution in [0.2, 0.25) is 0 Å². The number of methoxy groups -OCH3 is 3. The molecule has 1 saturated heterocycles. The number of carbonyl (C=O) groups excluding carboxylic acids is 1. The van der Waals surface area contributed by atoms with Crippen molar-refractivity contribution >= 4 is 5.91 Å². The maximum absolute atomic E-state index is 12.6. The highest BCUT2D eigenvalue weighted by Crippen LogP contribution is 2.40. The predicted molar refractivity (Wildman–Crippen MR) is 115 cm³/mol. The maximum atomic E-state index is 12.6. The summed E-state index contributed by atoms with van der Waals surface area (Å²) in [5.41, 5.74) is 1.34. The summed E-state index contributed by atoms with van der Waals surface area (Å²) < 4.78 is 21.7. The fraction of sp³-hybridized carbons (Fsp3) is 0.435. The van der Waals surface area contributed by atoms with Crippen molar-refractivity contribution in [3.63, 3.8) is 0 Å². The number of ether oxygens (including phenoxy) is 4. The van der Waals surface area contributed by atoms with Crippen molar-refractivity contribution in [2.24, 2.45) is 0 Å². The lowest BCUT2D eigenvalue weighted by atomic mass is 10.1. The number of benzene rings is 2. The Kier molecular flexibility index (Phi) is 7.79. The lowest BCUT2D eigenvalue weighted by Crippen LogP contribution is -2.50. The zero-order valence-corrected chi connectivity index (χ0v) is 17.9. The van der Waals surface area contributed by atoms with Crippen LogP contribution in [0.1, 0.15) is 5.56 Å². The Morgan fingerprint density at radius 3 is 2.10 bits per heavy atom. The van der Waals surface area contributed by atoms with Crippen LogP contribution in [0.5, 0.6) is 23.0 Å². The number of nitrogens with zero attached hydrogens (tertiary/aromatic N) is 2. The number of carbonyl (C=O) groups is 1. The lowest BCUT2D eigenvalue weighted by Gasteiger charge is -2.34. The third-order valence-corrected chi connectivity index (χ3v) is 5.29. The Morgan fingerprint density at radius 2 is 1.53 bits per heavy atom. The standard InChI is InChI=1S/C23H30N2O5/c1-27-20-15-19(16-21(28-2)23(20)29-3)30-17-22(26)25-13-11-24(12-14-25)10-9-18-7-5-4-6-8-18/h4-8,15-16H,9-14,17H2,1-3H3. The van der Waals surface area contributed by atoms with E-state index in [0.29, 0.717) is 36.1 Å². The molecule has 2 aromatic rings. The van der Waals surface area contributed by atoms with Gasteiger partial charge in [-0.25, -0.2) is 0 Å². The smallest absolute Gasteiger partial charge is 0.260 e. The summed E-state index contributed by atoms with van der Waals surface area (Å²) in [6, 6.07) is 13.9. The number of piperazine rings is 1. The predicted octanol–water partition coefficient (Wildman–Crippen LogP) is 2.48. The minimum atomic E-state index is -0.0251. The SMILES string of the molecule is COc1cc(OCC(=O)N2CCN(CCc3ccccc3)CC2)cc(OC)c1OC. The summed E-state index contributed by atoms with van der Waals surface area (Å²) in [5.74, 6) is 1.95. The molecule has 1 fully saturated rings. The molecule has 1 amide bonds. The minimum Gasteiger partial charge on any atom is -0.493 e. The van der Waals surface area contributed by atoms with E-state index in [0.717, 1.165) is 26.1 Å². The van der Waals surface area contributed by atoms with Crippen molar-refractivity contribution in [1.29, 1.82) is 0 Å². The first kappa shape index (κ1) is 21.8. The molecule has 0 spiro atoms. The second-order valence-corrected chi connectivity index (χ2v) is 7.11. The molecule has 7 nitrogen and oxygen atoms in total. The fourth-order valence-electron chi connectivity index (χ4n) is 3.53. The summed E-state index contributed by atoms with van der Waals surface area (Å²) in [6.45, 7) is 4.17. The third-order valence-electron chi connectivity index (χ3n) is 5.29. The van der Waals surface area contributed by atoms with Crippen LogP contribution < -0.4 is 18.9 Å². The van der Waals surface area contributed by atoms with E-state index in [1.54, 1.807) is 33.5 Å². The first-order valence-corrected chi connectivity index (χ1v) is 10.1. The molecular weight excluding hydrogens is 384 g/mol. The van der Waals surface area contributed by atoms with E-state index in [2.05, 4.69) is 29.2 Å². The molecule has 7 heteroatoms. The highest BCUT2D eigenvalue weighted by Gasteiger charge is 2.22. The molecule has 1 heterocycles. The van der Waals surface area contributed by atoms with Gasteiger partial charge in [-0.15, -0.1) is 0 Å². The summed E-state index contributed by atoms with van der Waals surface area (Å²) in [7, 11) is 4.64. The molecule has 162 valence electrons. The summed E-state index contributed by atoms with van der Waals surface area (Å²) in [4.78, 5) is 16.8. The highest BCUT2D eigenvalue weighted by atomic mass is 16.5. The topological polar surface area (TPSA) is 60.5 Å².